The molecule has 0 saturated carbocycles. The standard InChI is InChI=1S/C10H16.ClH/c1-8(2)10-6-4-9(3)5-7-10;/h4,10H,1,5-7H2,2-3H3;1H/p-1. The van der Waals surface area contributed by atoms with Crippen molar-refractivity contribution < 1.29 is 12.4 Å². The molecule has 0 nitrogen and oxygen atoms in total. The molecule has 0 amide bonds. The van der Waals surface area contributed by atoms with Crippen LogP contribution in [0.15, 0.2) is 23.8 Å². The highest BCUT2D eigenvalue weighted by molar-refractivity contribution is 5.09. The molecule has 0 N–H and O–H groups in total. The first kappa shape index (κ1) is 10.8. The first-order valence-corrected chi connectivity index (χ1v) is 4.01. The van der Waals surface area contributed by atoms with Gasteiger partial charge in [0.2, 0.25) is 0 Å². The first-order valence-electron chi connectivity index (χ1n) is 4.01. The van der Waals surface area contributed by atoms with Crippen LogP contribution in [-0.2, 0) is 0 Å². The SMILES string of the molecule is C=C(C)C1CC=C(C)CC1.[Cl-]. The second-order valence-electron chi connectivity index (χ2n) is 3.37. The van der Waals surface area contributed by atoms with Gasteiger partial charge in [-0.05, 0) is 39.0 Å². The third kappa shape index (κ3) is 3.11. The Labute approximate surface area is 75.8 Å². The highest BCUT2D eigenvalue weighted by atomic mass is 35.5. The molecule has 0 saturated heterocycles. The molecule has 0 bridgehead atoms. The van der Waals surface area contributed by atoms with Crippen LogP contribution in [0.25, 0.3) is 0 Å². The topological polar surface area (TPSA) is 0 Å². The fourth-order valence-electron chi connectivity index (χ4n) is 1.41. The summed E-state index contributed by atoms with van der Waals surface area (Å²) in [6.45, 7) is 8.33. The van der Waals surface area contributed by atoms with Crippen molar-refractivity contribution >= 4 is 0 Å². The minimum absolute atomic E-state index is 0. The summed E-state index contributed by atoms with van der Waals surface area (Å²) in [5.41, 5.74) is 2.90. The Morgan fingerprint density at radius 2 is 2.27 bits per heavy atom. The summed E-state index contributed by atoms with van der Waals surface area (Å²) in [6, 6.07) is 0. The smallest absolute Gasteiger partial charge is 0.0171 e. The van der Waals surface area contributed by atoms with Crippen molar-refractivity contribution in [3.8, 4) is 0 Å². The molecule has 1 aliphatic carbocycles. The zero-order valence-corrected chi connectivity index (χ0v) is 8.12. The maximum Gasteiger partial charge on any atom is -0.0171 e. The average molecular weight is 172 g/mol. The van der Waals surface area contributed by atoms with Gasteiger partial charge in [-0.3, -0.25) is 0 Å². The molecule has 1 rings (SSSR count). The summed E-state index contributed by atoms with van der Waals surface area (Å²) in [6.07, 6.45) is 6.17. The van der Waals surface area contributed by atoms with Crippen LogP contribution in [0.2, 0.25) is 0 Å². The molecule has 0 aromatic rings. The Morgan fingerprint density at radius 3 is 2.64 bits per heavy atom. The molecule has 64 valence electrons. The van der Waals surface area contributed by atoms with Crippen molar-refractivity contribution in [3.05, 3.63) is 23.8 Å². The van der Waals surface area contributed by atoms with Crippen LogP contribution in [0.5, 0.6) is 0 Å². The third-order valence-electron chi connectivity index (χ3n) is 2.33. The summed E-state index contributed by atoms with van der Waals surface area (Å²) < 4.78 is 0. The molecular weight excluding hydrogens is 156 g/mol. The largest absolute Gasteiger partial charge is 1.00 e. The minimum atomic E-state index is 0. The van der Waals surface area contributed by atoms with Gasteiger partial charge >= 0.3 is 0 Å². The molecule has 1 aliphatic rings. The summed E-state index contributed by atoms with van der Waals surface area (Å²) >= 11 is 0. The van der Waals surface area contributed by atoms with Gasteiger partial charge < -0.3 is 12.4 Å². The van der Waals surface area contributed by atoms with Crippen molar-refractivity contribution in [3.63, 3.8) is 0 Å². The lowest BCUT2D eigenvalue weighted by Gasteiger charge is -2.19. The van der Waals surface area contributed by atoms with E-state index < -0.39 is 0 Å². The molecular formula is C10H16Cl-. The van der Waals surface area contributed by atoms with Gasteiger partial charge in [0, 0.05) is 0 Å². The van der Waals surface area contributed by atoms with Crippen molar-refractivity contribution in [2.45, 2.75) is 33.1 Å². The lowest BCUT2D eigenvalue weighted by molar-refractivity contribution is -0.00000228. The molecule has 0 aromatic carbocycles. The van der Waals surface area contributed by atoms with E-state index in [1.165, 1.54) is 24.8 Å². The van der Waals surface area contributed by atoms with E-state index in [2.05, 4.69) is 26.5 Å². The molecule has 0 fully saturated rings. The van der Waals surface area contributed by atoms with Gasteiger partial charge in [0.25, 0.3) is 0 Å². The Kier molecular flexibility index (Phi) is 4.51. The summed E-state index contributed by atoms with van der Waals surface area (Å²) in [4.78, 5) is 0. The fraction of sp³-hybridized carbons (Fsp3) is 0.600. The highest BCUT2D eigenvalue weighted by Gasteiger charge is 2.11. The fourth-order valence-corrected chi connectivity index (χ4v) is 1.41. The molecule has 0 radical (unpaired) electrons. The van der Waals surface area contributed by atoms with Crippen LogP contribution >= 0.6 is 0 Å². The van der Waals surface area contributed by atoms with E-state index in [0.29, 0.717) is 0 Å². The zero-order chi connectivity index (χ0) is 7.56. The molecule has 0 heterocycles. The second-order valence-corrected chi connectivity index (χ2v) is 3.37. The van der Waals surface area contributed by atoms with E-state index in [0.717, 1.165) is 5.92 Å². The Balaban J connectivity index is 0.000001000. The quantitative estimate of drug-likeness (QED) is 0.499. The monoisotopic (exact) mass is 171 g/mol. The van der Waals surface area contributed by atoms with Gasteiger partial charge in [0.15, 0.2) is 0 Å². The molecule has 1 unspecified atom stereocenters. The summed E-state index contributed by atoms with van der Waals surface area (Å²) in [7, 11) is 0. The lowest BCUT2D eigenvalue weighted by atomic mass is 9.86. The van der Waals surface area contributed by atoms with E-state index >= 15 is 0 Å². The van der Waals surface area contributed by atoms with Gasteiger partial charge in [0.1, 0.15) is 0 Å². The van der Waals surface area contributed by atoms with Crippen LogP contribution in [0.3, 0.4) is 0 Å². The molecule has 11 heavy (non-hydrogen) atoms. The lowest BCUT2D eigenvalue weighted by Crippen LogP contribution is -3.00. The maximum absolute atomic E-state index is 3.97. The highest BCUT2D eigenvalue weighted by Crippen LogP contribution is 2.27. The van der Waals surface area contributed by atoms with Crippen LogP contribution in [0.1, 0.15) is 33.1 Å². The maximum atomic E-state index is 3.97. The normalized spacial score (nSPS) is 23.5. The van der Waals surface area contributed by atoms with Crippen molar-refractivity contribution in [2.24, 2.45) is 5.92 Å². The van der Waals surface area contributed by atoms with Crippen molar-refractivity contribution in [2.75, 3.05) is 0 Å². The van der Waals surface area contributed by atoms with E-state index in [1.807, 2.05) is 0 Å². The van der Waals surface area contributed by atoms with E-state index in [-0.39, 0.29) is 12.4 Å². The van der Waals surface area contributed by atoms with Gasteiger partial charge in [-0.2, -0.15) is 0 Å². The van der Waals surface area contributed by atoms with Gasteiger partial charge in [0.05, 0.1) is 0 Å². The first-order chi connectivity index (χ1) is 4.70. The molecule has 1 atom stereocenters. The van der Waals surface area contributed by atoms with Crippen LogP contribution in [0.4, 0.5) is 0 Å². The molecule has 0 spiro atoms. The summed E-state index contributed by atoms with van der Waals surface area (Å²) in [5, 5.41) is 0. The number of hydrogen-bond acceptors (Lipinski definition) is 0. The Morgan fingerprint density at radius 1 is 1.64 bits per heavy atom. The van der Waals surface area contributed by atoms with Crippen LogP contribution in [-0.4, -0.2) is 0 Å². The Hall–Kier alpha value is -0.230. The average Bonchev–Trinajstić information content (AvgIpc) is 1.88. The Bertz CT molecular complexity index is 168. The van der Waals surface area contributed by atoms with Crippen molar-refractivity contribution in [1.82, 2.24) is 0 Å². The number of rotatable bonds is 1. The van der Waals surface area contributed by atoms with E-state index in [1.54, 1.807) is 5.57 Å². The number of allylic oxidation sites excluding steroid dienone is 3. The molecule has 0 aliphatic heterocycles. The van der Waals surface area contributed by atoms with E-state index in [9.17, 15) is 0 Å². The summed E-state index contributed by atoms with van der Waals surface area (Å²) in [5.74, 6) is 0.767. The van der Waals surface area contributed by atoms with Gasteiger partial charge in [-0.25, -0.2) is 0 Å². The number of hydrogen-bond donors (Lipinski definition) is 0. The van der Waals surface area contributed by atoms with Gasteiger partial charge in [-0.15, -0.1) is 0 Å². The van der Waals surface area contributed by atoms with Crippen molar-refractivity contribution in [1.29, 1.82) is 0 Å². The van der Waals surface area contributed by atoms with Crippen LogP contribution in [0, 0.1) is 5.92 Å². The number of halogens is 1. The van der Waals surface area contributed by atoms with Gasteiger partial charge in [-0.1, -0.05) is 23.8 Å². The second kappa shape index (κ2) is 4.61. The predicted molar refractivity (Wildman–Crippen MR) is 45.9 cm³/mol. The van der Waals surface area contributed by atoms with E-state index in [4.69, 9.17) is 0 Å². The van der Waals surface area contributed by atoms with Crippen LogP contribution < -0.4 is 12.4 Å². The molecule has 1 heteroatoms. The predicted octanol–water partition coefficient (Wildman–Crippen LogP) is 0.313. The minimum Gasteiger partial charge on any atom is -1.00 e. The third-order valence-corrected chi connectivity index (χ3v) is 2.33. The zero-order valence-electron chi connectivity index (χ0n) is 7.36. The molecule has 0 aromatic heterocycles.